The highest BCUT2D eigenvalue weighted by molar-refractivity contribution is 9.10. The Morgan fingerprint density at radius 2 is 1.88 bits per heavy atom. The quantitative estimate of drug-likeness (QED) is 0.718. The van der Waals surface area contributed by atoms with E-state index in [1.54, 1.807) is 0 Å². The van der Waals surface area contributed by atoms with Crippen LogP contribution in [0.25, 0.3) is 0 Å². The summed E-state index contributed by atoms with van der Waals surface area (Å²) in [6.07, 6.45) is 4.52. The lowest BCUT2D eigenvalue weighted by atomic mass is 9.79. The molecule has 2 heteroatoms. The van der Waals surface area contributed by atoms with Crippen molar-refractivity contribution in [3.8, 4) is 0 Å². The molecule has 1 aliphatic rings. The van der Waals surface area contributed by atoms with Crippen LogP contribution >= 0.6 is 15.9 Å². The maximum atomic E-state index is 12.5. The number of Topliss-reactive ketones (excluding diaryl/α,β-unsaturated/α-hetero) is 1. The lowest BCUT2D eigenvalue weighted by molar-refractivity contribution is 0.0875. The van der Waals surface area contributed by atoms with Gasteiger partial charge in [0, 0.05) is 16.0 Å². The van der Waals surface area contributed by atoms with E-state index in [4.69, 9.17) is 0 Å². The van der Waals surface area contributed by atoms with Gasteiger partial charge < -0.3 is 0 Å². The second-order valence-electron chi connectivity index (χ2n) is 5.23. The molecule has 1 aliphatic carbocycles. The largest absolute Gasteiger partial charge is 0.294 e. The number of carbonyl (C=O) groups excluding carboxylic acids is 1. The Labute approximate surface area is 112 Å². The molecular formula is C15H19BrO. The van der Waals surface area contributed by atoms with E-state index in [2.05, 4.69) is 22.9 Å². The molecule has 2 rings (SSSR count). The number of rotatable bonds is 2. The molecule has 0 radical (unpaired) electrons. The molecule has 1 saturated carbocycles. The van der Waals surface area contributed by atoms with Crippen LogP contribution in [0.3, 0.4) is 0 Å². The zero-order valence-electron chi connectivity index (χ0n) is 10.5. The fourth-order valence-corrected chi connectivity index (χ4v) is 2.98. The van der Waals surface area contributed by atoms with E-state index < -0.39 is 0 Å². The van der Waals surface area contributed by atoms with Crippen molar-refractivity contribution in [1.29, 1.82) is 0 Å². The number of hydrogen-bond donors (Lipinski definition) is 0. The lowest BCUT2D eigenvalue weighted by Gasteiger charge is -2.25. The maximum Gasteiger partial charge on any atom is 0.166 e. The second kappa shape index (κ2) is 5.34. The molecule has 17 heavy (non-hydrogen) atoms. The summed E-state index contributed by atoms with van der Waals surface area (Å²) < 4.78 is 1.03. The predicted octanol–water partition coefficient (Wildman–Crippen LogP) is 4.77. The smallest absolute Gasteiger partial charge is 0.166 e. The van der Waals surface area contributed by atoms with Gasteiger partial charge in [0.2, 0.25) is 0 Å². The summed E-state index contributed by atoms with van der Waals surface area (Å²) in [6, 6.07) is 5.91. The maximum absolute atomic E-state index is 12.5. The fourth-order valence-electron chi connectivity index (χ4n) is 2.62. The molecule has 0 bridgehead atoms. The summed E-state index contributed by atoms with van der Waals surface area (Å²) in [6.45, 7) is 4.30. The third kappa shape index (κ3) is 2.79. The molecule has 0 saturated heterocycles. The highest BCUT2D eigenvalue weighted by atomic mass is 79.9. The Hall–Kier alpha value is -0.630. The van der Waals surface area contributed by atoms with Crippen LogP contribution in [0.4, 0.5) is 0 Å². The Kier molecular flexibility index (Phi) is 4.03. The summed E-state index contributed by atoms with van der Waals surface area (Å²) in [5.41, 5.74) is 1.98. The summed E-state index contributed by atoms with van der Waals surface area (Å²) in [4.78, 5) is 12.5. The Morgan fingerprint density at radius 1 is 1.24 bits per heavy atom. The van der Waals surface area contributed by atoms with Crippen LogP contribution in [-0.4, -0.2) is 5.78 Å². The molecule has 1 nitrogen and oxygen atoms in total. The number of benzene rings is 1. The first-order valence-electron chi connectivity index (χ1n) is 6.39. The average Bonchev–Trinajstić information content (AvgIpc) is 2.33. The van der Waals surface area contributed by atoms with Crippen molar-refractivity contribution in [2.24, 2.45) is 11.8 Å². The van der Waals surface area contributed by atoms with E-state index in [-0.39, 0.29) is 5.92 Å². The van der Waals surface area contributed by atoms with Gasteiger partial charge >= 0.3 is 0 Å². The normalized spacial score (nSPS) is 24.6. The first-order valence-corrected chi connectivity index (χ1v) is 7.18. The number of carbonyl (C=O) groups is 1. The predicted molar refractivity (Wildman–Crippen MR) is 74.3 cm³/mol. The number of ketones is 1. The minimum absolute atomic E-state index is 0.249. The van der Waals surface area contributed by atoms with Crippen molar-refractivity contribution < 1.29 is 4.79 Å². The molecule has 0 atom stereocenters. The van der Waals surface area contributed by atoms with E-state index in [0.29, 0.717) is 5.78 Å². The molecule has 0 N–H and O–H groups in total. The summed E-state index contributed by atoms with van der Waals surface area (Å²) in [5, 5.41) is 0. The zero-order valence-corrected chi connectivity index (χ0v) is 12.1. The van der Waals surface area contributed by atoms with E-state index in [0.717, 1.165) is 34.4 Å². The molecular weight excluding hydrogens is 276 g/mol. The molecule has 0 spiro atoms. The van der Waals surface area contributed by atoms with Gasteiger partial charge in [0.15, 0.2) is 5.78 Å². The van der Waals surface area contributed by atoms with Gasteiger partial charge in [-0.15, -0.1) is 0 Å². The summed E-state index contributed by atoms with van der Waals surface area (Å²) in [5.74, 6) is 1.39. The second-order valence-corrected chi connectivity index (χ2v) is 6.09. The van der Waals surface area contributed by atoms with E-state index in [9.17, 15) is 4.79 Å². The third-order valence-corrected chi connectivity index (χ3v) is 4.78. The molecule has 0 heterocycles. The van der Waals surface area contributed by atoms with Gasteiger partial charge in [0.05, 0.1) is 0 Å². The van der Waals surface area contributed by atoms with Gasteiger partial charge in [-0.2, -0.15) is 0 Å². The monoisotopic (exact) mass is 294 g/mol. The number of halogens is 1. The number of hydrogen-bond acceptors (Lipinski definition) is 1. The summed E-state index contributed by atoms with van der Waals surface area (Å²) in [7, 11) is 0. The highest BCUT2D eigenvalue weighted by Gasteiger charge is 2.26. The van der Waals surface area contributed by atoms with Gasteiger partial charge in [0.1, 0.15) is 0 Å². The van der Waals surface area contributed by atoms with Gasteiger partial charge in [-0.05, 0) is 37.3 Å². The molecule has 1 aromatic rings. The van der Waals surface area contributed by atoms with Crippen molar-refractivity contribution in [2.75, 3.05) is 0 Å². The van der Waals surface area contributed by atoms with Crippen molar-refractivity contribution in [1.82, 2.24) is 0 Å². The average molecular weight is 295 g/mol. The van der Waals surface area contributed by atoms with E-state index in [1.165, 1.54) is 12.8 Å². The lowest BCUT2D eigenvalue weighted by Crippen LogP contribution is -2.21. The molecule has 0 amide bonds. The SMILES string of the molecule is Cc1c(Br)cccc1C(=O)C1CCC(C)CC1. The van der Waals surface area contributed by atoms with Crippen LogP contribution in [0.2, 0.25) is 0 Å². The van der Waals surface area contributed by atoms with Crippen LogP contribution in [-0.2, 0) is 0 Å². The standard InChI is InChI=1S/C15H19BrO/c1-10-6-8-12(9-7-10)15(17)13-4-3-5-14(16)11(13)2/h3-5,10,12H,6-9H2,1-2H3. The topological polar surface area (TPSA) is 17.1 Å². The Bertz CT molecular complexity index is 417. The highest BCUT2D eigenvalue weighted by Crippen LogP contribution is 2.32. The fraction of sp³-hybridized carbons (Fsp3) is 0.533. The molecule has 0 unspecified atom stereocenters. The van der Waals surface area contributed by atoms with Crippen LogP contribution < -0.4 is 0 Å². The van der Waals surface area contributed by atoms with Gasteiger partial charge in [-0.1, -0.05) is 47.8 Å². The molecule has 92 valence electrons. The Balaban J connectivity index is 2.17. The van der Waals surface area contributed by atoms with Crippen molar-refractivity contribution in [2.45, 2.75) is 39.5 Å². The molecule has 1 fully saturated rings. The zero-order chi connectivity index (χ0) is 12.4. The molecule has 0 aromatic heterocycles. The van der Waals surface area contributed by atoms with Crippen molar-refractivity contribution in [3.05, 3.63) is 33.8 Å². The Morgan fingerprint density at radius 3 is 2.53 bits per heavy atom. The minimum Gasteiger partial charge on any atom is -0.294 e. The van der Waals surface area contributed by atoms with Crippen LogP contribution in [0.1, 0.15) is 48.5 Å². The van der Waals surface area contributed by atoms with Crippen molar-refractivity contribution >= 4 is 21.7 Å². The first kappa shape index (κ1) is 12.8. The third-order valence-electron chi connectivity index (χ3n) is 3.92. The van der Waals surface area contributed by atoms with Crippen LogP contribution in [0.15, 0.2) is 22.7 Å². The van der Waals surface area contributed by atoms with E-state index in [1.807, 2.05) is 25.1 Å². The van der Waals surface area contributed by atoms with Crippen LogP contribution in [0, 0.1) is 18.8 Å². The van der Waals surface area contributed by atoms with Gasteiger partial charge in [-0.3, -0.25) is 4.79 Å². The van der Waals surface area contributed by atoms with Crippen LogP contribution in [0.5, 0.6) is 0 Å². The summed E-state index contributed by atoms with van der Waals surface area (Å²) >= 11 is 3.50. The van der Waals surface area contributed by atoms with Crippen molar-refractivity contribution in [3.63, 3.8) is 0 Å². The first-order chi connectivity index (χ1) is 8.09. The van der Waals surface area contributed by atoms with E-state index >= 15 is 0 Å². The minimum atomic E-state index is 0.249. The van der Waals surface area contributed by atoms with Gasteiger partial charge in [-0.25, -0.2) is 0 Å². The molecule has 0 aliphatic heterocycles. The van der Waals surface area contributed by atoms with Gasteiger partial charge in [0.25, 0.3) is 0 Å². The molecule has 1 aromatic carbocycles.